The van der Waals surface area contributed by atoms with Crippen LogP contribution in [0.1, 0.15) is 12.1 Å². The second-order valence-corrected chi connectivity index (χ2v) is 6.44. The minimum Gasteiger partial charge on any atom is -0.481 e. The number of ether oxygens (including phenoxy) is 1. The van der Waals surface area contributed by atoms with Gasteiger partial charge < -0.3 is 15.6 Å². The van der Waals surface area contributed by atoms with E-state index in [1.165, 1.54) is 6.20 Å². The number of benzene rings is 1. The van der Waals surface area contributed by atoms with Gasteiger partial charge in [0.25, 0.3) is 5.88 Å². The summed E-state index contributed by atoms with van der Waals surface area (Å²) in [5.74, 6) is -0.948. The van der Waals surface area contributed by atoms with Crippen molar-refractivity contribution in [2.24, 2.45) is 5.73 Å². The molecule has 1 atom stereocenters. The normalized spacial score (nSPS) is 11.4. The summed E-state index contributed by atoms with van der Waals surface area (Å²) in [5.41, 5.74) is 7.17. The van der Waals surface area contributed by atoms with Crippen LogP contribution in [0.3, 0.4) is 0 Å². The summed E-state index contributed by atoms with van der Waals surface area (Å²) < 4.78 is 19.2. The Morgan fingerprint density at radius 2 is 1.97 bits per heavy atom. The predicted octanol–water partition coefficient (Wildman–Crippen LogP) is 3.89. The Bertz CT molecular complexity index is 989. The number of hydrogen-bond donors (Lipinski definition) is 2. The van der Waals surface area contributed by atoms with Crippen LogP contribution in [0.15, 0.2) is 48.8 Å². The Morgan fingerprint density at radius 3 is 2.62 bits per heavy atom. The molecule has 0 bridgehead atoms. The highest BCUT2D eigenvalue weighted by Crippen LogP contribution is 2.26. The summed E-state index contributed by atoms with van der Waals surface area (Å²) in [6.07, 6.45) is 3.07. The summed E-state index contributed by atoms with van der Waals surface area (Å²) in [7, 11) is 0. The molecule has 0 aliphatic carbocycles. The average molecular weight is 439 g/mol. The van der Waals surface area contributed by atoms with Gasteiger partial charge in [0.1, 0.15) is 5.75 Å². The number of carboxylic acids is 1. The fourth-order valence-electron chi connectivity index (χ4n) is 2.47. The van der Waals surface area contributed by atoms with Gasteiger partial charge in [-0.05, 0) is 36.4 Å². The highest BCUT2D eigenvalue weighted by molar-refractivity contribution is 6.30. The van der Waals surface area contributed by atoms with E-state index in [0.29, 0.717) is 29.3 Å². The minimum absolute atomic E-state index is 0. The van der Waals surface area contributed by atoms with Crippen LogP contribution in [0.2, 0.25) is 5.02 Å². The molecular formula is C19H17Cl2FN4O3. The second-order valence-electron chi connectivity index (χ2n) is 6.00. The van der Waals surface area contributed by atoms with E-state index in [2.05, 4.69) is 15.0 Å². The first-order chi connectivity index (χ1) is 13.4. The molecule has 0 radical (unpaired) electrons. The predicted molar refractivity (Wildman–Crippen MR) is 108 cm³/mol. The number of pyridine rings is 1. The number of aromatic nitrogens is 3. The lowest BCUT2D eigenvalue weighted by atomic mass is 10.1. The zero-order chi connectivity index (χ0) is 20.1. The molecule has 2 aromatic heterocycles. The van der Waals surface area contributed by atoms with Crippen molar-refractivity contribution in [2.45, 2.75) is 18.9 Å². The van der Waals surface area contributed by atoms with Gasteiger partial charge in [-0.1, -0.05) is 11.6 Å². The molecule has 3 N–H and O–H groups in total. The van der Waals surface area contributed by atoms with Crippen molar-refractivity contribution in [3.8, 4) is 23.0 Å². The van der Waals surface area contributed by atoms with E-state index in [4.69, 9.17) is 27.2 Å². The van der Waals surface area contributed by atoms with Gasteiger partial charge in [-0.3, -0.25) is 4.79 Å². The molecule has 0 saturated heterocycles. The van der Waals surface area contributed by atoms with E-state index in [0.717, 1.165) is 6.07 Å². The first-order valence-electron chi connectivity index (χ1n) is 8.29. The van der Waals surface area contributed by atoms with Crippen molar-refractivity contribution in [2.75, 3.05) is 0 Å². The summed E-state index contributed by atoms with van der Waals surface area (Å²) in [6.45, 7) is 0. The Balaban J connectivity index is 0.00000300. The van der Waals surface area contributed by atoms with Crippen LogP contribution in [0.4, 0.5) is 4.39 Å². The van der Waals surface area contributed by atoms with E-state index in [1.807, 2.05) is 0 Å². The zero-order valence-corrected chi connectivity index (χ0v) is 16.5. The van der Waals surface area contributed by atoms with Crippen LogP contribution >= 0.6 is 24.0 Å². The molecular weight excluding hydrogens is 422 g/mol. The summed E-state index contributed by atoms with van der Waals surface area (Å²) in [5, 5.41) is 8.98. The molecule has 29 heavy (non-hydrogen) atoms. The molecule has 1 aromatic carbocycles. The van der Waals surface area contributed by atoms with Crippen LogP contribution < -0.4 is 10.5 Å². The number of aliphatic carboxylic acids is 1. The maximum Gasteiger partial charge on any atom is 0.304 e. The van der Waals surface area contributed by atoms with Crippen LogP contribution in [0, 0.1) is 5.82 Å². The van der Waals surface area contributed by atoms with Crippen LogP contribution in [-0.4, -0.2) is 32.1 Å². The molecule has 0 fully saturated rings. The third-order valence-corrected chi connectivity index (χ3v) is 3.93. The van der Waals surface area contributed by atoms with Crippen LogP contribution in [-0.2, 0) is 11.2 Å². The molecule has 0 saturated carbocycles. The minimum atomic E-state index is -0.955. The summed E-state index contributed by atoms with van der Waals surface area (Å²) in [6, 6.07) is 9.00. The molecule has 7 nitrogen and oxygen atoms in total. The van der Waals surface area contributed by atoms with E-state index >= 15 is 0 Å². The number of rotatable bonds is 7. The zero-order valence-electron chi connectivity index (χ0n) is 15.0. The Labute approximate surface area is 177 Å². The first-order valence-corrected chi connectivity index (χ1v) is 8.67. The molecule has 1 unspecified atom stereocenters. The smallest absolute Gasteiger partial charge is 0.304 e. The lowest BCUT2D eigenvalue weighted by Gasteiger charge is -2.09. The highest BCUT2D eigenvalue weighted by atomic mass is 35.5. The average Bonchev–Trinajstić information content (AvgIpc) is 2.64. The number of halogens is 3. The van der Waals surface area contributed by atoms with Gasteiger partial charge in [-0.15, -0.1) is 12.4 Å². The van der Waals surface area contributed by atoms with Crippen LogP contribution in [0.5, 0.6) is 11.6 Å². The Hall–Kier alpha value is -2.81. The van der Waals surface area contributed by atoms with Crippen molar-refractivity contribution in [1.82, 2.24) is 15.0 Å². The molecule has 2 heterocycles. The molecule has 0 spiro atoms. The molecule has 0 amide bonds. The Kier molecular flexibility index (Phi) is 7.83. The number of nitrogens with zero attached hydrogens (tertiary/aromatic N) is 3. The maximum absolute atomic E-state index is 13.8. The van der Waals surface area contributed by atoms with E-state index in [-0.39, 0.29) is 29.7 Å². The second kappa shape index (κ2) is 10.1. The Morgan fingerprint density at radius 1 is 1.24 bits per heavy atom. The SMILES string of the molecule is Cl.NC(CC(=O)O)Cc1ccnc(-c2ccc(Oc3ncc(Cl)cc3F)cc2)n1. The summed E-state index contributed by atoms with van der Waals surface area (Å²) in [4.78, 5) is 23.2. The van der Waals surface area contributed by atoms with E-state index in [1.54, 1.807) is 36.5 Å². The maximum atomic E-state index is 13.8. The van der Waals surface area contributed by atoms with E-state index < -0.39 is 17.8 Å². The van der Waals surface area contributed by atoms with Crippen molar-refractivity contribution in [3.63, 3.8) is 0 Å². The fourth-order valence-corrected chi connectivity index (χ4v) is 2.62. The standard InChI is InChI=1S/C19H16ClFN4O3.ClH/c20-12-7-16(21)19(24-10-12)28-15-3-1-11(2-4-15)18-23-6-5-14(25-18)8-13(22)9-17(26)27;/h1-7,10,13H,8-9,22H2,(H,26,27);1H. The topological polar surface area (TPSA) is 111 Å². The van der Waals surface area contributed by atoms with Gasteiger partial charge in [0.15, 0.2) is 11.6 Å². The van der Waals surface area contributed by atoms with Gasteiger partial charge in [0.2, 0.25) is 0 Å². The highest BCUT2D eigenvalue weighted by Gasteiger charge is 2.12. The summed E-state index contributed by atoms with van der Waals surface area (Å²) >= 11 is 5.67. The van der Waals surface area contributed by atoms with Gasteiger partial charge in [0, 0.05) is 36.1 Å². The third kappa shape index (κ3) is 6.35. The van der Waals surface area contributed by atoms with Gasteiger partial charge in [-0.2, -0.15) is 0 Å². The number of hydrogen-bond acceptors (Lipinski definition) is 6. The van der Waals surface area contributed by atoms with E-state index in [9.17, 15) is 9.18 Å². The molecule has 0 aliphatic heterocycles. The van der Waals surface area contributed by atoms with Crippen molar-refractivity contribution >= 4 is 30.0 Å². The molecule has 0 aliphatic rings. The van der Waals surface area contributed by atoms with Gasteiger partial charge >= 0.3 is 5.97 Å². The lowest BCUT2D eigenvalue weighted by molar-refractivity contribution is -0.137. The van der Waals surface area contributed by atoms with Crippen molar-refractivity contribution < 1.29 is 19.0 Å². The van der Waals surface area contributed by atoms with Gasteiger partial charge in [-0.25, -0.2) is 19.3 Å². The number of carboxylic acid groups (broad SMARTS) is 1. The molecule has 10 heteroatoms. The molecule has 3 rings (SSSR count). The van der Waals surface area contributed by atoms with Crippen molar-refractivity contribution in [3.05, 3.63) is 65.3 Å². The first kappa shape index (κ1) is 22.5. The molecule has 3 aromatic rings. The fraction of sp³-hybridized carbons (Fsp3) is 0.158. The third-order valence-electron chi connectivity index (χ3n) is 3.72. The lowest BCUT2D eigenvalue weighted by Crippen LogP contribution is -2.26. The quantitative estimate of drug-likeness (QED) is 0.575. The largest absolute Gasteiger partial charge is 0.481 e. The number of carbonyl (C=O) groups is 1. The van der Waals surface area contributed by atoms with Crippen molar-refractivity contribution in [1.29, 1.82) is 0 Å². The molecule has 152 valence electrons. The monoisotopic (exact) mass is 438 g/mol. The van der Waals surface area contributed by atoms with Gasteiger partial charge in [0.05, 0.1) is 11.4 Å². The number of nitrogens with two attached hydrogens (primary N) is 1. The van der Waals surface area contributed by atoms with Crippen LogP contribution in [0.25, 0.3) is 11.4 Å².